The Morgan fingerprint density at radius 3 is 2.31 bits per heavy atom. The maximum Gasteiger partial charge on any atom is 0.343 e. The molecule has 2 N–H and O–H groups in total. The van der Waals surface area contributed by atoms with Gasteiger partial charge in [0, 0.05) is 28.8 Å². The summed E-state index contributed by atoms with van der Waals surface area (Å²) in [5, 5.41) is 7.17. The molecule has 1 amide bonds. The number of esters is 2. The molecule has 0 saturated heterocycles. The van der Waals surface area contributed by atoms with Crippen molar-refractivity contribution in [3.63, 3.8) is 0 Å². The number of para-hydroxylation sites is 1. The molecule has 9 nitrogen and oxygen atoms in total. The molecule has 6 aromatic rings. The first-order chi connectivity index (χ1) is 21.9. The molecule has 5 aromatic carbocycles. The highest BCUT2D eigenvalue weighted by atomic mass is 16.6. The highest BCUT2D eigenvalue weighted by Gasteiger charge is 2.21. The number of amides is 1. The van der Waals surface area contributed by atoms with Crippen LogP contribution < -0.4 is 19.6 Å². The lowest BCUT2D eigenvalue weighted by Gasteiger charge is -2.11. The highest BCUT2D eigenvalue weighted by Crippen LogP contribution is 2.36. The van der Waals surface area contributed by atoms with Crippen molar-refractivity contribution in [1.29, 1.82) is 0 Å². The maximum absolute atomic E-state index is 13.6. The van der Waals surface area contributed by atoms with E-state index in [0.29, 0.717) is 11.3 Å². The van der Waals surface area contributed by atoms with Crippen LogP contribution in [0.1, 0.15) is 33.3 Å². The largest absolute Gasteiger partial charge is 0.493 e. The first-order valence-corrected chi connectivity index (χ1v) is 14.0. The number of rotatable bonds is 8. The summed E-state index contributed by atoms with van der Waals surface area (Å²) < 4.78 is 16.0. The second-order valence-corrected chi connectivity index (χ2v) is 10.0. The third-order valence-electron chi connectivity index (χ3n) is 7.13. The number of aromatic amines is 1. The quantitative estimate of drug-likeness (QED) is 0.0852. The molecule has 0 radical (unpaired) electrons. The second kappa shape index (κ2) is 12.6. The first-order valence-electron chi connectivity index (χ1n) is 14.0. The van der Waals surface area contributed by atoms with Gasteiger partial charge >= 0.3 is 11.9 Å². The van der Waals surface area contributed by atoms with Crippen LogP contribution in [-0.4, -0.2) is 36.2 Å². The van der Waals surface area contributed by atoms with E-state index >= 15 is 0 Å². The topological polar surface area (TPSA) is 119 Å². The van der Waals surface area contributed by atoms with E-state index in [4.69, 9.17) is 14.2 Å². The number of hydrazone groups is 1. The third-order valence-corrected chi connectivity index (χ3v) is 7.13. The second-order valence-electron chi connectivity index (χ2n) is 10.0. The van der Waals surface area contributed by atoms with Gasteiger partial charge in [-0.2, -0.15) is 5.10 Å². The lowest BCUT2D eigenvalue weighted by molar-refractivity contribution is -0.132. The van der Waals surface area contributed by atoms with Crippen LogP contribution in [0.3, 0.4) is 0 Å². The zero-order valence-electron chi connectivity index (χ0n) is 24.4. The number of carbonyl (C=O) groups is 3. The zero-order chi connectivity index (χ0) is 31.3. The van der Waals surface area contributed by atoms with E-state index in [1.807, 2.05) is 66.7 Å². The van der Waals surface area contributed by atoms with Gasteiger partial charge in [0.2, 0.25) is 0 Å². The highest BCUT2D eigenvalue weighted by molar-refractivity contribution is 6.16. The van der Waals surface area contributed by atoms with Crippen molar-refractivity contribution in [2.24, 2.45) is 5.10 Å². The van der Waals surface area contributed by atoms with Crippen LogP contribution in [0.15, 0.2) is 114 Å². The van der Waals surface area contributed by atoms with Gasteiger partial charge in [0.15, 0.2) is 11.5 Å². The van der Waals surface area contributed by atoms with Crippen molar-refractivity contribution < 1.29 is 28.6 Å². The predicted molar refractivity (Wildman–Crippen MR) is 172 cm³/mol. The number of ether oxygens (including phenoxy) is 3. The Balaban J connectivity index is 1.25. The Morgan fingerprint density at radius 1 is 0.756 bits per heavy atom. The molecule has 1 heterocycles. The Bertz CT molecular complexity index is 2100. The van der Waals surface area contributed by atoms with Crippen LogP contribution >= 0.6 is 0 Å². The summed E-state index contributed by atoms with van der Waals surface area (Å²) in [6.45, 7) is 1.27. The fraction of sp³-hybridized carbons (Fsp3) is 0.0556. The van der Waals surface area contributed by atoms with Crippen LogP contribution in [0.2, 0.25) is 0 Å². The number of nitrogens with one attached hydrogen (secondary N) is 2. The van der Waals surface area contributed by atoms with Crippen LogP contribution in [0.5, 0.6) is 17.2 Å². The average Bonchev–Trinajstić information content (AvgIpc) is 3.46. The van der Waals surface area contributed by atoms with Crippen molar-refractivity contribution in [2.45, 2.75) is 6.92 Å². The summed E-state index contributed by atoms with van der Waals surface area (Å²) in [5.41, 5.74) is 6.15. The minimum atomic E-state index is -0.662. The molecule has 0 spiro atoms. The molecule has 0 aliphatic carbocycles. The summed E-state index contributed by atoms with van der Waals surface area (Å²) in [5.74, 6) is -0.991. The van der Waals surface area contributed by atoms with Gasteiger partial charge in [0.1, 0.15) is 11.4 Å². The van der Waals surface area contributed by atoms with E-state index in [1.54, 1.807) is 24.3 Å². The van der Waals surface area contributed by atoms with Crippen molar-refractivity contribution in [2.75, 3.05) is 7.11 Å². The van der Waals surface area contributed by atoms with Crippen molar-refractivity contribution in [3.05, 3.63) is 126 Å². The van der Waals surface area contributed by atoms with E-state index in [9.17, 15) is 14.4 Å². The molecule has 0 unspecified atom stereocenters. The summed E-state index contributed by atoms with van der Waals surface area (Å²) >= 11 is 0. The normalized spacial score (nSPS) is 11.1. The molecule has 9 heteroatoms. The Morgan fingerprint density at radius 2 is 1.51 bits per heavy atom. The van der Waals surface area contributed by atoms with Gasteiger partial charge < -0.3 is 19.2 Å². The molecule has 45 heavy (non-hydrogen) atoms. The number of fused-ring (bicyclic) bond motifs is 3. The van der Waals surface area contributed by atoms with Gasteiger partial charge in [-0.3, -0.25) is 9.59 Å². The van der Waals surface area contributed by atoms with Crippen LogP contribution in [-0.2, 0) is 4.79 Å². The fourth-order valence-corrected chi connectivity index (χ4v) is 5.10. The fourth-order valence-electron chi connectivity index (χ4n) is 5.10. The van der Waals surface area contributed by atoms with E-state index in [0.717, 1.165) is 32.8 Å². The van der Waals surface area contributed by atoms with Gasteiger partial charge in [-0.1, -0.05) is 78.9 Å². The molecule has 0 atom stereocenters. The molecule has 6 rings (SSSR count). The summed E-state index contributed by atoms with van der Waals surface area (Å²) in [7, 11) is 1.40. The first kappa shape index (κ1) is 28.9. The average molecular weight is 598 g/mol. The molecular weight excluding hydrogens is 570 g/mol. The number of carbonyl (C=O) groups excluding carboxylic acids is 3. The molecule has 0 bridgehead atoms. The number of methoxy groups -OCH3 is 1. The molecule has 1 aromatic heterocycles. The third kappa shape index (κ3) is 6.00. The van der Waals surface area contributed by atoms with Gasteiger partial charge in [0.25, 0.3) is 5.91 Å². The zero-order valence-corrected chi connectivity index (χ0v) is 24.4. The van der Waals surface area contributed by atoms with Crippen molar-refractivity contribution in [3.8, 4) is 28.4 Å². The van der Waals surface area contributed by atoms with Gasteiger partial charge in [-0.05, 0) is 41.3 Å². The smallest absolute Gasteiger partial charge is 0.343 e. The minimum Gasteiger partial charge on any atom is -0.493 e. The number of benzene rings is 5. The standard InChI is InChI=1S/C36H27N3O6/c1-22(40)44-30-19-17-25(20-31(30)43-2)36(42)45-29-15-9-7-13-26(29)21-37-39-35(41)34-32(24-11-4-3-5-12-24)28-18-16-23-10-6-8-14-27(23)33(28)38-34/h3-21,38H,1-2H3,(H,39,41). The minimum absolute atomic E-state index is 0.183. The summed E-state index contributed by atoms with van der Waals surface area (Å²) in [6, 6.07) is 32.9. The SMILES string of the molecule is COc1cc(C(=O)Oc2ccccc2C=NNC(=O)c2[nH]c3c(ccc4ccccc43)c2-c2ccccc2)ccc1OC(C)=O. The van der Waals surface area contributed by atoms with E-state index in [-0.39, 0.29) is 22.8 Å². The lowest BCUT2D eigenvalue weighted by Crippen LogP contribution is -2.19. The summed E-state index contributed by atoms with van der Waals surface area (Å²) in [4.78, 5) is 41.2. The Hall–Kier alpha value is -6.22. The van der Waals surface area contributed by atoms with Crippen molar-refractivity contribution in [1.82, 2.24) is 10.4 Å². The number of hydrogen-bond donors (Lipinski definition) is 2. The van der Waals surface area contributed by atoms with Gasteiger partial charge in [0.05, 0.1) is 24.4 Å². The molecule has 0 aliphatic heterocycles. The maximum atomic E-state index is 13.6. The van der Waals surface area contributed by atoms with Crippen LogP contribution in [0.4, 0.5) is 0 Å². The molecule has 0 aliphatic rings. The van der Waals surface area contributed by atoms with E-state index < -0.39 is 17.8 Å². The van der Waals surface area contributed by atoms with Crippen LogP contribution in [0, 0.1) is 0 Å². The molecular formula is C36H27N3O6. The van der Waals surface area contributed by atoms with Crippen LogP contribution in [0.25, 0.3) is 32.8 Å². The van der Waals surface area contributed by atoms with Gasteiger partial charge in [-0.15, -0.1) is 0 Å². The summed E-state index contributed by atoms with van der Waals surface area (Å²) in [6.07, 6.45) is 1.41. The van der Waals surface area contributed by atoms with Gasteiger partial charge in [-0.25, -0.2) is 10.2 Å². The number of H-pyrrole nitrogens is 1. The molecule has 222 valence electrons. The Kier molecular flexibility index (Phi) is 8.06. The number of aromatic nitrogens is 1. The molecule has 0 saturated carbocycles. The Labute approximate surface area is 258 Å². The monoisotopic (exact) mass is 597 g/mol. The lowest BCUT2D eigenvalue weighted by atomic mass is 9.99. The predicted octanol–water partition coefficient (Wildman–Crippen LogP) is 6.91. The number of hydrogen-bond acceptors (Lipinski definition) is 7. The van der Waals surface area contributed by atoms with Crippen molar-refractivity contribution >= 4 is 45.7 Å². The van der Waals surface area contributed by atoms with E-state index in [1.165, 1.54) is 38.4 Å². The van der Waals surface area contributed by atoms with E-state index in [2.05, 4.69) is 15.5 Å². The number of nitrogens with zero attached hydrogens (tertiary/aromatic N) is 1. The molecule has 0 fully saturated rings.